The highest BCUT2D eigenvalue weighted by molar-refractivity contribution is 5.87. The summed E-state index contributed by atoms with van der Waals surface area (Å²) in [5.74, 6) is -0.399. The molecule has 0 radical (unpaired) electrons. The first kappa shape index (κ1) is 9.22. The topological polar surface area (TPSA) is 47.6 Å². The van der Waals surface area contributed by atoms with E-state index in [-0.39, 0.29) is 0 Å². The lowest BCUT2D eigenvalue weighted by Crippen LogP contribution is -2.41. The Morgan fingerprint density at radius 2 is 2.50 bits per heavy atom. The van der Waals surface area contributed by atoms with Crippen molar-refractivity contribution in [2.24, 2.45) is 0 Å². The smallest absolute Gasteiger partial charge is 0.335 e. The van der Waals surface area contributed by atoms with Crippen LogP contribution in [-0.4, -0.2) is 32.0 Å². The second-order valence-electron chi connectivity index (χ2n) is 2.69. The molecule has 0 aliphatic carbocycles. The van der Waals surface area contributed by atoms with E-state index in [0.717, 1.165) is 6.54 Å². The molecule has 0 aromatic carbocycles. The van der Waals surface area contributed by atoms with Crippen LogP contribution in [0.1, 0.15) is 6.92 Å². The Bertz CT molecular complexity index is 185. The number of morpholine rings is 1. The molecule has 0 bridgehead atoms. The normalized spacial score (nSPS) is 23.2. The molecule has 1 saturated heterocycles. The summed E-state index contributed by atoms with van der Waals surface area (Å²) in [6.45, 7) is 7.02. The number of esters is 1. The van der Waals surface area contributed by atoms with Crippen LogP contribution in [0.2, 0.25) is 0 Å². The lowest BCUT2D eigenvalue weighted by atomic mass is 10.4. The molecule has 1 rings (SSSR count). The van der Waals surface area contributed by atoms with E-state index in [9.17, 15) is 4.79 Å². The van der Waals surface area contributed by atoms with Crippen LogP contribution in [0.3, 0.4) is 0 Å². The van der Waals surface area contributed by atoms with E-state index in [1.807, 2.05) is 0 Å². The fourth-order valence-electron chi connectivity index (χ4n) is 0.837. The molecule has 1 heterocycles. The van der Waals surface area contributed by atoms with Crippen LogP contribution in [0.4, 0.5) is 0 Å². The van der Waals surface area contributed by atoms with Gasteiger partial charge in [0.05, 0.1) is 13.2 Å². The van der Waals surface area contributed by atoms with Crippen molar-refractivity contribution in [2.75, 3.05) is 19.7 Å². The maximum Gasteiger partial charge on any atom is 0.335 e. The van der Waals surface area contributed by atoms with Crippen LogP contribution >= 0.6 is 0 Å². The molecule has 12 heavy (non-hydrogen) atoms. The third-order valence-corrected chi connectivity index (χ3v) is 1.48. The van der Waals surface area contributed by atoms with Gasteiger partial charge in [-0.2, -0.15) is 0 Å². The standard InChI is InChI=1S/C8H13NO3/c1-6(2)8(10)12-7-5-9-3-4-11-7/h7,9H,1,3-5H2,2H3. The van der Waals surface area contributed by atoms with E-state index in [1.165, 1.54) is 0 Å². The Morgan fingerprint density at radius 1 is 1.75 bits per heavy atom. The summed E-state index contributed by atoms with van der Waals surface area (Å²) in [5, 5.41) is 3.05. The molecule has 1 aliphatic rings. The quantitative estimate of drug-likeness (QED) is 0.471. The molecule has 0 spiro atoms. The summed E-state index contributed by atoms with van der Waals surface area (Å²) >= 11 is 0. The van der Waals surface area contributed by atoms with Crippen molar-refractivity contribution in [2.45, 2.75) is 13.2 Å². The molecule has 4 nitrogen and oxygen atoms in total. The van der Waals surface area contributed by atoms with Crippen molar-refractivity contribution in [3.8, 4) is 0 Å². The molecule has 1 N–H and O–H groups in total. The van der Waals surface area contributed by atoms with E-state index in [2.05, 4.69) is 11.9 Å². The van der Waals surface area contributed by atoms with Crippen molar-refractivity contribution in [1.29, 1.82) is 0 Å². The first-order valence-electron chi connectivity index (χ1n) is 3.89. The van der Waals surface area contributed by atoms with Crippen molar-refractivity contribution in [1.82, 2.24) is 5.32 Å². The Morgan fingerprint density at radius 3 is 3.00 bits per heavy atom. The highest BCUT2D eigenvalue weighted by atomic mass is 16.7. The van der Waals surface area contributed by atoms with Crippen LogP contribution in [0.5, 0.6) is 0 Å². The Labute approximate surface area is 71.5 Å². The average Bonchev–Trinajstić information content (AvgIpc) is 2.06. The summed E-state index contributed by atoms with van der Waals surface area (Å²) in [7, 11) is 0. The van der Waals surface area contributed by atoms with Gasteiger partial charge in [-0.15, -0.1) is 0 Å². The van der Waals surface area contributed by atoms with Gasteiger partial charge < -0.3 is 14.8 Å². The average molecular weight is 171 g/mol. The number of hydrogen-bond acceptors (Lipinski definition) is 4. The predicted molar refractivity (Wildman–Crippen MR) is 43.5 cm³/mol. The van der Waals surface area contributed by atoms with Gasteiger partial charge >= 0.3 is 5.97 Å². The van der Waals surface area contributed by atoms with Gasteiger partial charge in [0.15, 0.2) is 0 Å². The molecular formula is C8H13NO3. The lowest BCUT2D eigenvalue weighted by Gasteiger charge is -2.23. The minimum atomic E-state index is -0.456. The number of hydrogen-bond donors (Lipinski definition) is 1. The maximum atomic E-state index is 11.0. The zero-order valence-corrected chi connectivity index (χ0v) is 7.13. The third kappa shape index (κ3) is 2.64. The highest BCUT2D eigenvalue weighted by Gasteiger charge is 2.17. The van der Waals surface area contributed by atoms with Gasteiger partial charge in [-0.1, -0.05) is 6.58 Å². The zero-order chi connectivity index (χ0) is 8.97. The lowest BCUT2D eigenvalue weighted by molar-refractivity contribution is -0.178. The summed E-state index contributed by atoms with van der Waals surface area (Å²) in [6, 6.07) is 0. The first-order valence-corrected chi connectivity index (χ1v) is 3.89. The molecule has 0 aromatic rings. The minimum absolute atomic E-state index is 0.393. The van der Waals surface area contributed by atoms with Crippen molar-refractivity contribution >= 4 is 5.97 Å². The summed E-state index contributed by atoms with van der Waals surface area (Å²) in [5.41, 5.74) is 0.393. The number of carbonyl (C=O) groups excluding carboxylic acids is 1. The number of rotatable bonds is 2. The summed E-state index contributed by atoms with van der Waals surface area (Å²) in [6.07, 6.45) is -0.456. The Kier molecular flexibility index (Phi) is 3.25. The number of nitrogens with one attached hydrogen (secondary N) is 1. The van der Waals surface area contributed by atoms with Gasteiger partial charge in [0.1, 0.15) is 0 Å². The molecular weight excluding hydrogens is 158 g/mol. The summed E-state index contributed by atoms with van der Waals surface area (Å²) in [4.78, 5) is 11.0. The molecule has 68 valence electrons. The van der Waals surface area contributed by atoms with Crippen LogP contribution in [0, 0.1) is 0 Å². The minimum Gasteiger partial charge on any atom is -0.431 e. The molecule has 0 amide bonds. The van der Waals surface area contributed by atoms with E-state index < -0.39 is 12.3 Å². The van der Waals surface area contributed by atoms with E-state index >= 15 is 0 Å². The summed E-state index contributed by atoms with van der Waals surface area (Å²) < 4.78 is 10.1. The van der Waals surface area contributed by atoms with Crippen molar-refractivity contribution < 1.29 is 14.3 Å². The van der Waals surface area contributed by atoms with E-state index in [1.54, 1.807) is 6.92 Å². The zero-order valence-electron chi connectivity index (χ0n) is 7.13. The molecule has 1 unspecified atom stereocenters. The van der Waals surface area contributed by atoms with Crippen molar-refractivity contribution in [3.05, 3.63) is 12.2 Å². The Hall–Kier alpha value is -0.870. The molecule has 1 atom stereocenters. The van der Waals surface area contributed by atoms with Crippen LogP contribution in [0.15, 0.2) is 12.2 Å². The van der Waals surface area contributed by atoms with Gasteiger partial charge in [-0.05, 0) is 6.92 Å². The van der Waals surface area contributed by atoms with Gasteiger partial charge in [0.2, 0.25) is 6.29 Å². The van der Waals surface area contributed by atoms with Crippen molar-refractivity contribution in [3.63, 3.8) is 0 Å². The SMILES string of the molecule is C=C(C)C(=O)OC1CNCCO1. The fourth-order valence-corrected chi connectivity index (χ4v) is 0.837. The van der Waals surface area contributed by atoms with E-state index in [4.69, 9.17) is 9.47 Å². The van der Waals surface area contributed by atoms with E-state index in [0.29, 0.717) is 18.7 Å². The van der Waals surface area contributed by atoms with Gasteiger partial charge in [-0.3, -0.25) is 0 Å². The third-order valence-electron chi connectivity index (χ3n) is 1.48. The van der Waals surface area contributed by atoms with Crippen LogP contribution in [-0.2, 0) is 14.3 Å². The predicted octanol–water partition coefficient (Wildman–Crippen LogP) is 0.0516. The van der Waals surface area contributed by atoms with Crippen LogP contribution in [0.25, 0.3) is 0 Å². The monoisotopic (exact) mass is 171 g/mol. The fraction of sp³-hybridized carbons (Fsp3) is 0.625. The second-order valence-corrected chi connectivity index (χ2v) is 2.69. The van der Waals surface area contributed by atoms with Crippen LogP contribution < -0.4 is 5.32 Å². The number of carbonyl (C=O) groups is 1. The second kappa shape index (κ2) is 4.23. The number of ether oxygens (including phenoxy) is 2. The molecule has 1 fully saturated rings. The Balaban J connectivity index is 2.29. The molecule has 1 aliphatic heterocycles. The van der Waals surface area contributed by atoms with Gasteiger partial charge in [-0.25, -0.2) is 4.79 Å². The van der Waals surface area contributed by atoms with Gasteiger partial charge in [0.25, 0.3) is 0 Å². The largest absolute Gasteiger partial charge is 0.431 e. The molecule has 0 saturated carbocycles. The molecule has 4 heteroatoms. The first-order chi connectivity index (χ1) is 5.70. The molecule has 0 aromatic heterocycles. The highest BCUT2D eigenvalue weighted by Crippen LogP contribution is 2.01. The van der Waals surface area contributed by atoms with Gasteiger partial charge in [0, 0.05) is 12.1 Å². The maximum absolute atomic E-state index is 11.0.